The van der Waals surface area contributed by atoms with Gasteiger partial charge in [0, 0.05) is 12.6 Å². The van der Waals surface area contributed by atoms with E-state index in [0.29, 0.717) is 0 Å². The quantitative estimate of drug-likeness (QED) is 0.758. The summed E-state index contributed by atoms with van der Waals surface area (Å²) in [5.41, 5.74) is 0.0610. The molecule has 7 nitrogen and oxygen atoms in total. The summed E-state index contributed by atoms with van der Waals surface area (Å²) in [6, 6.07) is 0. The number of ether oxygens (including phenoxy) is 1. The first-order chi connectivity index (χ1) is 9.61. The molecule has 0 fully saturated rings. The van der Waals surface area contributed by atoms with E-state index < -0.39 is 40.8 Å². The SMILES string of the molecule is COC(=O)Cn1cc(NS(=O)(=O)CCCC(F)(F)F)cn1. The van der Waals surface area contributed by atoms with Gasteiger partial charge >= 0.3 is 12.1 Å². The van der Waals surface area contributed by atoms with Gasteiger partial charge in [-0.05, 0) is 6.42 Å². The number of halogens is 3. The maximum Gasteiger partial charge on any atom is 0.389 e. The van der Waals surface area contributed by atoms with Crippen molar-refractivity contribution in [1.82, 2.24) is 9.78 Å². The van der Waals surface area contributed by atoms with Gasteiger partial charge in [0.05, 0.1) is 24.7 Å². The third-order valence-electron chi connectivity index (χ3n) is 2.30. The predicted octanol–water partition coefficient (Wildman–Crippen LogP) is 1.14. The minimum absolute atomic E-state index is 0.0610. The van der Waals surface area contributed by atoms with Crippen molar-refractivity contribution in [2.45, 2.75) is 25.6 Å². The number of alkyl halides is 3. The van der Waals surface area contributed by atoms with Crippen LogP contribution in [0.4, 0.5) is 18.9 Å². The molecule has 21 heavy (non-hydrogen) atoms. The molecule has 0 aliphatic rings. The van der Waals surface area contributed by atoms with Gasteiger partial charge in [-0.25, -0.2) is 8.42 Å². The lowest BCUT2D eigenvalue weighted by Crippen LogP contribution is -2.18. The largest absolute Gasteiger partial charge is 0.468 e. The Labute approximate surface area is 119 Å². The topological polar surface area (TPSA) is 90.3 Å². The van der Waals surface area contributed by atoms with Crippen molar-refractivity contribution in [3.63, 3.8) is 0 Å². The lowest BCUT2D eigenvalue weighted by molar-refractivity contribution is -0.141. The molecule has 0 spiro atoms. The third-order valence-corrected chi connectivity index (χ3v) is 3.67. The smallest absolute Gasteiger partial charge is 0.389 e. The fourth-order valence-corrected chi connectivity index (χ4v) is 2.48. The summed E-state index contributed by atoms with van der Waals surface area (Å²) in [4.78, 5) is 11.0. The maximum atomic E-state index is 11.9. The minimum Gasteiger partial charge on any atom is -0.468 e. The Hall–Kier alpha value is -1.78. The van der Waals surface area contributed by atoms with Crippen LogP contribution in [0.3, 0.4) is 0 Å². The Balaban J connectivity index is 2.53. The Morgan fingerprint density at radius 2 is 2.14 bits per heavy atom. The van der Waals surface area contributed by atoms with E-state index in [-0.39, 0.29) is 12.2 Å². The van der Waals surface area contributed by atoms with E-state index >= 15 is 0 Å². The first-order valence-electron chi connectivity index (χ1n) is 5.78. The van der Waals surface area contributed by atoms with Gasteiger partial charge in [0.1, 0.15) is 6.54 Å². The fraction of sp³-hybridized carbons (Fsp3) is 0.600. The van der Waals surface area contributed by atoms with Crippen molar-refractivity contribution in [1.29, 1.82) is 0 Å². The van der Waals surface area contributed by atoms with Crippen LogP contribution in [-0.2, 0) is 26.1 Å². The average Bonchev–Trinajstić information content (AvgIpc) is 2.73. The molecule has 1 N–H and O–H groups in total. The molecule has 0 atom stereocenters. The van der Waals surface area contributed by atoms with Gasteiger partial charge in [0.15, 0.2) is 0 Å². The standard InChI is InChI=1S/C10H14F3N3O4S/c1-20-9(17)7-16-6-8(5-14-16)15-21(18,19)4-2-3-10(11,12)13/h5-6,15H,2-4,7H2,1H3. The zero-order chi connectivity index (χ0) is 16.1. The maximum absolute atomic E-state index is 11.9. The highest BCUT2D eigenvalue weighted by Crippen LogP contribution is 2.21. The first-order valence-corrected chi connectivity index (χ1v) is 7.43. The van der Waals surface area contributed by atoms with E-state index in [1.54, 1.807) is 0 Å². The number of anilines is 1. The van der Waals surface area contributed by atoms with Crippen LogP contribution >= 0.6 is 0 Å². The summed E-state index contributed by atoms with van der Waals surface area (Å²) in [5.74, 6) is -1.23. The van der Waals surface area contributed by atoms with Crippen LogP contribution in [0.1, 0.15) is 12.8 Å². The predicted molar refractivity (Wildman–Crippen MR) is 66.9 cm³/mol. The normalized spacial score (nSPS) is 12.2. The van der Waals surface area contributed by atoms with Crippen molar-refractivity contribution in [3.8, 4) is 0 Å². The van der Waals surface area contributed by atoms with Crippen LogP contribution < -0.4 is 4.72 Å². The molecule has 120 valence electrons. The number of hydrogen-bond acceptors (Lipinski definition) is 5. The molecule has 0 aliphatic carbocycles. The van der Waals surface area contributed by atoms with E-state index in [2.05, 4.69) is 14.6 Å². The zero-order valence-electron chi connectivity index (χ0n) is 11.1. The van der Waals surface area contributed by atoms with Crippen LogP contribution in [-0.4, -0.2) is 43.2 Å². The molecule has 0 unspecified atom stereocenters. The molecule has 1 heterocycles. The number of carbonyl (C=O) groups excluding carboxylic acids is 1. The van der Waals surface area contributed by atoms with Crippen LogP contribution in [0.2, 0.25) is 0 Å². The molecule has 1 aromatic heterocycles. The zero-order valence-corrected chi connectivity index (χ0v) is 11.9. The molecule has 0 amide bonds. The van der Waals surface area contributed by atoms with Crippen LogP contribution in [0, 0.1) is 0 Å². The number of nitrogens with zero attached hydrogens (tertiary/aromatic N) is 2. The van der Waals surface area contributed by atoms with Crippen molar-refractivity contribution < 1.29 is 31.1 Å². The van der Waals surface area contributed by atoms with Gasteiger partial charge in [0.2, 0.25) is 10.0 Å². The molecular weight excluding hydrogens is 315 g/mol. The number of rotatable bonds is 7. The molecule has 0 saturated carbocycles. The average molecular weight is 329 g/mol. The minimum atomic E-state index is -4.39. The lowest BCUT2D eigenvalue weighted by atomic mass is 10.3. The molecule has 1 rings (SSSR count). The highest BCUT2D eigenvalue weighted by Gasteiger charge is 2.27. The van der Waals surface area contributed by atoms with Crippen molar-refractivity contribution in [2.24, 2.45) is 0 Å². The second-order valence-electron chi connectivity index (χ2n) is 4.14. The molecule has 0 aliphatic heterocycles. The van der Waals surface area contributed by atoms with Gasteiger partial charge < -0.3 is 4.74 Å². The van der Waals surface area contributed by atoms with Crippen LogP contribution in [0.25, 0.3) is 0 Å². The summed E-state index contributed by atoms with van der Waals surface area (Å²) in [6.45, 7) is -0.202. The number of carbonyl (C=O) groups is 1. The monoisotopic (exact) mass is 329 g/mol. The van der Waals surface area contributed by atoms with Crippen molar-refractivity contribution in [2.75, 3.05) is 17.6 Å². The number of aromatic nitrogens is 2. The van der Waals surface area contributed by atoms with Gasteiger partial charge in [0.25, 0.3) is 0 Å². The van der Waals surface area contributed by atoms with Gasteiger partial charge in [-0.1, -0.05) is 0 Å². The summed E-state index contributed by atoms with van der Waals surface area (Å²) < 4.78 is 66.6. The van der Waals surface area contributed by atoms with E-state index in [0.717, 1.165) is 10.9 Å². The number of nitrogens with one attached hydrogen (secondary N) is 1. The van der Waals surface area contributed by atoms with Crippen LogP contribution in [0.15, 0.2) is 12.4 Å². The molecule has 0 saturated heterocycles. The van der Waals surface area contributed by atoms with E-state index in [1.807, 2.05) is 0 Å². The van der Waals surface area contributed by atoms with Crippen LogP contribution in [0.5, 0.6) is 0 Å². The Morgan fingerprint density at radius 1 is 1.48 bits per heavy atom. The molecular formula is C10H14F3N3O4S. The molecule has 1 aromatic rings. The second kappa shape index (κ2) is 6.78. The Kier molecular flexibility index (Phi) is 5.58. The summed E-state index contributed by atoms with van der Waals surface area (Å²) in [6.07, 6.45) is -3.71. The third kappa shape index (κ3) is 6.97. The number of esters is 1. The van der Waals surface area contributed by atoms with E-state index in [4.69, 9.17) is 0 Å². The molecule has 0 aromatic carbocycles. The highest BCUT2D eigenvalue weighted by molar-refractivity contribution is 7.92. The van der Waals surface area contributed by atoms with E-state index in [9.17, 15) is 26.4 Å². The summed E-state index contributed by atoms with van der Waals surface area (Å²) in [7, 11) is -2.71. The number of methoxy groups -OCH3 is 1. The Bertz CT molecular complexity index is 583. The lowest BCUT2D eigenvalue weighted by Gasteiger charge is -2.07. The molecule has 11 heteroatoms. The molecule has 0 bridgehead atoms. The Morgan fingerprint density at radius 3 is 2.71 bits per heavy atom. The number of sulfonamides is 1. The van der Waals surface area contributed by atoms with Gasteiger partial charge in [-0.3, -0.25) is 14.2 Å². The van der Waals surface area contributed by atoms with Gasteiger partial charge in [-0.2, -0.15) is 18.3 Å². The van der Waals surface area contributed by atoms with E-state index in [1.165, 1.54) is 13.3 Å². The second-order valence-corrected chi connectivity index (χ2v) is 5.98. The molecule has 0 radical (unpaired) electrons. The van der Waals surface area contributed by atoms with Crippen molar-refractivity contribution >= 4 is 21.7 Å². The van der Waals surface area contributed by atoms with Crippen molar-refractivity contribution in [3.05, 3.63) is 12.4 Å². The fourth-order valence-electron chi connectivity index (χ4n) is 1.39. The summed E-state index contributed by atoms with van der Waals surface area (Å²) >= 11 is 0. The highest BCUT2D eigenvalue weighted by atomic mass is 32.2. The number of hydrogen-bond donors (Lipinski definition) is 1. The summed E-state index contributed by atoms with van der Waals surface area (Å²) in [5, 5.41) is 3.72. The first kappa shape index (κ1) is 17.3. The van der Waals surface area contributed by atoms with Gasteiger partial charge in [-0.15, -0.1) is 0 Å².